The number of hydrogen-bond donors (Lipinski definition) is 1. The van der Waals surface area contributed by atoms with Crippen LogP contribution in [0.4, 0.5) is 0 Å². The molecule has 22 heavy (non-hydrogen) atoms. The van der Waals surface area contributed by atoms with Gasteiger partial charge in [-0.25, -0.2) is 0 Å². The molecule has 0 aliphatic rings. The Morgan fingerprint density at radius 1 is 0.818 bits per heavy atom. The van der Waals surface area contributed by atoms with E-state index in [9.17, 15) is 4.79 Å². The number of amides is 1. The molecule has 1 N–H and O–H groups in total. The minimum Gasteiger partial charge on any atom is -0.379 e. The molecule has 0 bridgehead atoms. The first-order valence-electron chi connectivity index (χ1n) is 7.68. The Morgan fingerprint density at radius 2 is 1.18 bits per heavy atom. The van der Waals surface area contributed by atoms with Gasteiger partial charge in [0.25, 0.3) is 0 Å². The molecular weight excluding hydrogens is 313 g/mol. The molecule has 0 radical (unpaired) electrons. The second-order valence-corrected chi connectivity index (χ2v) is 3.80. The first-order valence-corrected chi connectivity index (χ1v) is 7.68. The first-order chi connectivity index (χ1) is 10.3. The summed E-state index contributed by atoms with van der Waals surface area (Å²) in [4.78, 5) is 10.4. The molecule has 0 saturated carbocycles. The molecule has 0 aliphatic carbocycles. The van der Waals surface area contributed by atoms with Gasteiger partial charge in [0.15, 0.2) is 0 Å². The summed E-state index contributed by atoms with van der Waals surface area (Å²) in [5.74, 6) is -0.292. The first kappa shape index (κ1) is 27.7. The van der Waals surface area contributed by atoms with Gasteiger partial charge in [-0.15, -0.1) is 0 Å². The Balaban J connectivity index is -0.00000115. The largest absolute Gasteiger partial charge is 1.00 e. The van der Waals surface area contributed by atoms with Crippen LogP contribution >= 0.6 is 0 Å². The minimum absolute atomic E-state index is 0. The molecule has 0 rings (SSSR count). The van der Waals surface area contributed by atoms with Crippen LogP contribution in [-0.4, -0.2) is 65.3 Å². The molecular formula is C15H32KNO5. The average molecular weight is 346 g/mol. The van der Waals surface area contributed by atoms with Crippen LogP contribution in [0.3, 0.4) is 0 Å². The average Bonchev–Trinajstić information content (AvgIpc) is 2.49. The molecule has 0 aromatic rings. The van der Waals surface area contributed by atoms with Crippen LogP contribution in [0.1, 0.15) is 27.2 Å². The van der Waals surface area contributed by atoms with Crippen LogP contribution in [0, 0.1) is 6.92 Å². The number of carbonyl (C=O) groups excluding carboxylic acids is 1. The van der Waals surface area contributed by atoms with E-state index in [0.717, 1.165) is 13.0 Å². The molecule has 0 spiro atoms. The van der Waals surface area contributed by atoms with Crippen molar-refractivity contribution in [3.05, 3.63) is 6.92 Å². The molecule has 1 amide bonds. The Bertz CT molecular complexity index is 208. The van der Waals surface area contributed by atoms with E-state index in [4.69, 9.17) is 18.9 Å². The van der Waals surface area contributed by atoms with Crippen molar-refractivity contribution in [3.63, 3.8) is 0 Å². The SMILES string of the molecule is CC.[CH2-]C(=O)NCCOCCOCCOCCOCCC.[K+]. The van der Waals surface area contributed by atoms with Crippen molar-refractivity contribution in [1.82, 2.24) is 5.32 Å². The standard InChI is InChI=1S/C13H26NO5.C2H6.K/c1-3-5-16-7-9-18-11-12-19-10-8-17-6-4-14-13(2)15;1-2;/h2-12H2,1H3,(H,14,15);1-2H3;/q-1;;+1. The third kappa shape index (κ3) is 28.9. The third-order valence-corrected chi connectivity index (χ3v) is 2.03. The van der Waals surface area contributed by atoms with Gasteiger partial charge >= 0.3 is 51.4 Å². The molecule has 7 heteroatoms. The summed E-state index contributed by atoms with van der Waals surface area (Å²) in [7, 11) is 0. The Kier molecular flexibility index (Phi) is 33.6. The van der Waals surface area contributed by atoms with E-state index in [1.165, 1.54) is 0 Å². The van der Waals surface area contributed by atoms with Crippen molar-refractivity contribution < 1.29 is 75.1 Å². The fourth-order valence-corrected chi connectivity index (χ4v) is 1.17. The fraction of sp³-hybridized carbons (Fsp3) is 0.867. The van der Waals surface area contributed by atoms with Crippen LogP contribution in [0.2, 0.25) is 0 Å². The van der Waals surface area contributed by atoms with E-state index in [1.807, 2.05) is 13.8 Å². The van der Waals surface area contributed by atoms with Crippen LogP contribution in [0.25, 0.3) is 0 Å². The van der Waals surface area contributed by atoms with Crippen molar-refractivity contribution in [2.45, 2.75) is 27.2 Å². The summed E-state index contributed by atoms with van der Waals surface area (Å²) >= 11 is 0. The zero-order valence-corrected chi connectivity index (χ0v) is 17.9. The topological polar surface area (TPSA) is 66.0 Å². The van der Waals surface area contributed by atoms with E-state index in [2.05, 4.69) is 19.2 Å². The van der Waals surface area contributed by atoms with Gasteiger partial charge in [-0.2, -0.15) is 0 Å². The molecule has 0 unspecified atom stereocenters. The Hall–Kier alpha value is 0.816. The van der Waals surface area contributed by atoms with Gasteiger partial charge in [-0.3, -0.25) is 0 Å². The predicted octanol–water partition coefficient (Wildman–Crippen LogP) is -1.56. The number of nitrogens with one attached hydrogen (secondary N) is 1. The van der Waals surface area contributed by atoms with Crippen molar-refractivity contribution in [3.8, 4) is 0 Å². The van der Waals surface area contributed by atoms with E-state index >= 15 is 0 Å². The molecule has 0 aliphatic heterocycles. The van der Waals surface area contributed by atoms with E-state index in [1.54, 1.807) is 0 Å². The molecule has 0 atom stereocenters. The Morgan fingerprint density at radius 3 is 1.55 bits per heavy atom. The maximum Gasteiger partial charge on any atom is 1.00 e. The normalized spacial score (nSPS) is 9.41. The van der Waals surface area contributed by atoms with Gasteiger partial charge in [-0.1, -0.05) is 20.8 Å². The number of ether oxygens (including phenoxy) is 4. The predicted molar refractivity (Wildman–Crippen MR) is 83.3 cm³/mol. The van der Waals surface area contributed by atoms with Gasteiger partial charge in [-0.05, 0) is 6.42 Å². The summed E-state index contributed by atoms with van der Waals surface area (Å²) < 4.78 is 21.1. The van der Waals surface area contributed by atoms with Crippen LogP contribution in [-0.2, 0) is 23.7 Å². The van der Waals surface area contributed by atoms with Gasteiger partial charge in [0.05, 0.1) is 52.2 Å². The van der Waals surface area contributed by atoms with E-state index < -0.39 is 0 Å². The van der Waals surface area contributed by atoms with Crippen molar-refractivity contribution >= 4 is 5.91 Å². The molecule has 0 heterocycles. The second kappa shape index (κ2) is 26.7. The van der Waals surface area contributed by atoms with E-state index in [0.29, 0.717) is 52.8 Å². The quantitative estimate of drug-likeness (QED) is 0.234. The summed E-state index contributed by atoms with van der Waals surface area (Å²) in [6, 6.07) is 0. The molecule has 0 saturated heterocycles. The van der Waals surface area contributed by atoms with Crippen LogP contribution in [0.5, 0.6) is 0 Å². The molecule has 0 aromatic carbocycles. The zero-order valence-electron chi connectivity index (χ0n) is 14.8. The fourth-order valence-electron chi connectivity index (χ4n) is 1.17. The van der Waals surface area contributed by atoms with E-state index in [-0.39, 0.29) is 57.3 Å². The van der Waals surface area contributed by atoms with Gasteiger partial charge in [0.1, 0.15) is 0 Å². The molecule has 128 valence electrons. The zero-order chi connectivity index (χ0) is 16.2. The number of carbonyl (C=O) groups is 1. The smallest absolute Gasteiger partial charge is 0.379 e. The van der Waals surface area contributed by atoms with Crippen molar-refractivity contribution in [2.24, 2.45) is 0 Å². The molecule has 0 aromatic heterocycles. The van der Waals surface area contributed by atoms with Crippen LogP contribution in [0.15, 0.2) is 0 Å². The van der Waals surface area contributed by atoms with Crippen molar-refractivity contribution in [1.29, 1.82) is 0 Å². The van der Waals surface area contributed by atoms with Crippen LogP contribution < -0.4 is 56.7 Å². The summed E-state index contributed by atoms with van der Waals surface area (Å²) in [6.45, 7) is 14.4. The summed E-state index contributed by atoms with van der Waals surface area (Å²) in [6.07, 6.45) is 1.03. The summed E-state index contributed by atoms with van der Waals surface area (Å²) in [5, 5.41) is 2.54. The minimum atomic E-state index is -0.292. The Labute approximate surface area is 178 Å². The number of hydrogen-bond acceptors (Lipinski definition) is 5. The second-order valence-electron chi connectivity index (χ2n) is 3.80. The van der Waals surface area contributed by atoms with Crippen molar-refractivity contribution in [2.75, 3.05) is 59.4 Å². The van der Waals surface area contributed by atoms with Gasteiger partial charge in [0.2, 0.25) is 0 Å². The maximum atomic E-state index is 10.4. The van der Waals surface area contributed by atoms with Gasteiger partial charge < -0.3 is 36.0 Å². The van der Waals surface area contributed by atoms with Gasteiger partial charge in [0, 0.05) is 13.2 Å². The summed E-state index contributed by atoms with van der Waals surface area (Å²) in [5.41, 5.74) is 0. The third-order valence-electron chi connectivity index (χ3n) is 2.03. The maximum absolute atomic E-state index is 10.4. The molecule has 0 fully saturated rings. The number of rotatable bonds is 14. The molecule has 6 nitrogen and oxygen atoms in total. The monoisotopic (exact) mass is 345 g/mol.